The van der Waals surface area contributed by atoms with E-state index in [1.54, 1.807) is 17.6 Å². The topological polar surface area (TPSA) is 102 Å². The quantitative estimate of drug-likeness (QED) is 0.478. The first kappa shape index (κ1) is 19.4. The first-order chi connectivity index (χ1) is 12.8. The third-order valence-corrected chi connectivity index (χ3v) is 5.30. The lowest BCUT2D eigenvalue weighted by molar-refractivity contribution is 0.368. The number of hydrogen-bond acceptors (Lipinski definition) is 7. The zero-order chi connectivity index (χ0) is 19.6. The largest absolute Gasteiger partial charge is 0.504 e. The van der Waals surface area contributed by atoms with Crippen molar-refractivity contribution in [3.63, 3.8) is 0 Å². The van der Waals surface area contributed by atoms with Gasteiger partial charge in [-0.05, 0) is 38.1 Å². The lowest BCUT2D eigenvalue weighted by atomic mass is 9.93. The Morgan fingerprint density at radius 2 is 1.78 bits per heavy atom. The molecule has 0 spiro atoms. The summed E-state index contributed by atoms with van der Waals surface area (Å²) in [4.78, 5) is 5.73. The molecule has 1 aromatic heterocycles. The third-order valence-electron chi connectivity index (χ3n) is 4.47. The minimum absolute atomic E-state index is 0.116. The summed E-state index contributed by atoms with van der Waals surface area (Å²) in [7, 11) is 0. The van der Waals surface area contributed by atoms with Crippen LogP contribution < -0.4 is 10.1 Å². The number of phenols is 3. The SMILES string of the molecule is CC(C)(C)c1csc(=NC2CCNCC2)n1N=Cc1cc(O)c(O)c(O)c1. The molecule has 1 aliphatic rings. The Balaban J connectivity index is 2.02. The Hall–Kier alpha value is -2.32. The smallest absolute Gasteiger partial charge is 0.206 e. The van der Waals surface area contributed by atoms with Crippen molar-refractivity contribution in [2.75, 3.05) is 13.1 Å². The summed E-state index contributed by atoms with van der Waals surface area (Å²) < 4.78 is 1.83. The van der Waals surface area contributed by atoms with Crippen LogP contribution in [0.4, 0.5) is 0 Å². The number of hydrogen-bond donors (Lipinski definition) is 4. The van der Waals surface area contributed by atoms with Crippen LogP contribution in [0.25, 0.3) is 0 Å². The van der Waals surface area contributed by atoms with Crippen molar-refractivity contribution >= 4 is 17.6 Å². The number of phenolic OH excluding ortho intramolecular Hbond substituents is 3. The molecule has 1 saturated heterocycles. The summed E-state index contributed by atoms with van der Waals surface area (Å²) in [6.45, 7) is 8.30. The van der Waals surface area contributed by atoms with E-state index in [9.17, 15) is 15.3 Å². The molecule has 2 heterocycles. The van der Waals surface area contributed by atoms with Gasteiger partial charge in [-0.15, -0.1) is 11.3 Å². The van der Waals surface area contributed by atoms with Gasteiger partial charge in [0.2, 0.25) is 4.80 Å². The Morgan fingerprint density at radius 1 is 1.15 bits per heavy atom. The molecule has 0 radical (unpaired) electrons. The number of thiazole rings is 1. The molecule has 1 aromatic carbocycles. The maximum Gasteiger partial charge on any atom is 0.206 e. The highest BCUT2D eigenvalue weighted by Crippen LogP contribution is 2.34. The summed E-state index contributed by atoms with van der Waals surface area (Å²) in [5.74, 6) is -1.31. The fourth-order valence-corrected chi connectivity index (χ4v) is 4.04. The van der Waals surface area contributed by atoms with Crippen LogP contribution in [0.5, 0.6) is 17.2 Å². The van der Waals surface area contributed by atoms with E-state index in [0.29, 0.717) is 5.56 Å². The van der Waals surface area contributed by atoms with Crippen molar-refractivity contribution in [1.82, 2.24) is 9.99 Å². The minimum Gasteiger partial charge on any atom is -0.504 e. The molecule has 0 saturated carbocycles. The molecule has 0 amide bonds. The van der Waals surface area contributed by atoms with Crippen LogP contribution in [-0.2, 0) is 5.41 Å². The molecule has 7 nitrogen and oxygen atoms in total. The van der Waals surface area contributed by atoms with Crippen LogP contribution in [0.15, 0.2) is 27.6 Å². The molecule has 1 aliphatic heterocycles. The molecule has 146 valence electrons. The van der Waals surface area contributed by atoms with Crippen molar-refractivity contribution in [3.8, 4) is 17.2 Å². The highest BCUT2D eigenvalue weighted by molar-refractivity contribution is 7.07. The van der Waals surface area contributed by atoms with Crippen LogP contribution in [0, 0.1) is 0 Å². The van der Waals surface area contributed by atoms with Gasteiger partial charge in [0.25, 0.3) is 0 Å². The zero-order valence-corrected chi connectivity index (χ0v) is 16.6. The van der Waals surface area contributed by atoms with E-state index in [2.05, 4.69) is 36.6 Å². The molecule has 0 unspecified atom stereocenters. The summed E-state index contributed by atoms with van der Waals surface area (Å²) in [5.41, 5.74) is 1.40. The molecule has 3 rings (SSSR count). The summed E-state index contributed by atoms with van der Waals surface area (Å²) in [6, 6.07) is 2.98. The molecule has 1 fully saturated rings. The van der Waals surface area contributed by atoms with Crippen LogP contribution in [0.3, 0.4) is 0 Å². The Kier molecular flexibility index (Phi) is 5.57. The number of piperidine rings is 1. The van der Waals surface area contributed by atoms with E-state index in [1.807, 2.05) is 4.68 Å². The molecule has 0 atom stereocenters. The van der Waals surface area contributed by atoms with Crippen molar-refractivity contribution in [3.05, 3.63) is 33.6 Å². The number of aromatic nitrogens is 1. The van der Waals surface area contributed by atoms with Crippen molar-refractivity contribution in [1.29, 1.82) is 0 Å². The first-order valence-electron chi connectivity index (χ1n) is 9.00. The van der Waals surface area contributed by atoms with E-state index >= 15 is 0 Å². The Morgan fingerprint density at radius 3 is 2.37 bits per heavy atom. The van der Waals surface area contributed by atoms with Crippen LogP contribution in [0.2, 0.25) is 0 Å². The molecule has 2 aromatic rings. The van der Waals surface area contributed by atoms with Gasteiger partial charge >= 0.3 is 0 Å². The van der Waals surface area contributed by atoms with Gasteiger partial charge in [0, 0.05) is 16.4 Å². The maximum atomic E-state index is 9.69. The normalized spacial score (nSPS) is 17.1. The summed E-state index contributed by atoms with van der Waals surface area (Å²) in [5, 5.41) is 38.9. The van der Waals surface area contributed by atoms with Gasteiger partial charge < -0.3 is 20.6 Å². The fourth-order valence-electron chi connectivity index (χ4n) is 2.92. The van der Waals surface area contributed by atoms with E-state index in [-0.39, 0.29) is 23.0 Å². The van der Waals surface area contributed by atoms with E-state index in [1.165, 1.54) is 12.1 Å². The number of nitrogens with zero attached hydrogens (tertiary/aromatic N) is 3. The summed E-state index contributed by atoms with van der Waals surface area (Å²) in [6.07, 6.45) is 3.56. The second-order valence-electron chi connectivity index (χ2n) is 7.73. The highest BCUT2D eigenvalue weighted by Gasteiger charge is 2.21. The second kappa shape index (κ2) is 7.74. The first-order valence-corrected chi connectivity index (χ1v) is 9.88. The van der Waals surface area contributed by atoms with E-state index in [0.717, 1.165) is 36.4 Å². The highest BCUT2D eigenvalue weighted by atomic mass is 32.1. The lowest BCUT2D eigenvalue weighted by Gasteiger charge is -2.20. The Labute approximate surface area is 162 Å². The average Bonchev–Trinajstić information content (AvgIpc) is 3.01. The number of benzene rings is 1. The molecular weight excluding hydrogens is 364 g/mol. The van der Waals surface area contributed by atoms with Crippen LogP contribution in [-0.4, -0.2) is 45.3 Å². The number of rotatable bonds is 3. The predicted octanol–water partition coefficient (Wildman–Crippen LogP) is 2.50. The molecule has 27 heavy (non-hydrogen) atoms. The van der Waals surface area contributed by atoms with Crippen molar-refractivity contribution in [2.45, 2.75) is 45.1 Å². The molecular formula is C19H26N4O3S. The second-order valence-corrected chi connectivity index (χ2v) is 8.56. The van der Waals surface area contributed by atoms with Crippen LogP contribution in [0.1, 0.15) is 44.9 Å². The predicted molar refractivity (Wildman–Crippen MR) is 107 cm³/mol. The lowest BCUT2D eigenvalue weighted by Crippen LogP contribution is -2.32. The van der Waals surface area contributed by atoms with Crippen molar-refractivity contribution in [2.24, 2.45) is 10.1 Å². The number of aromatic hydroxyl groups is 3. The standard InChI is InChI=1S/C19H26N4O3S/c1-19(2,3)16-11-27-18(22-13-4-6-20-7-5-13)23(16)21-10-12-8-14(24)17(26)15(25)9-12/h8-11,13,20,24-26H,4-7H2,1-3H3. The number of nitrogens with one attached hydrogen (secondary N) is 1. The van der Waals surface area contributed by atoms with Gasteiger partial charge in [0.1, 0.15) is 0 Å². The van der Waals surface area contributed by atoms with E-state index in [4.69, 9.17) is 4.99 Å². The fraction of sp³-hybridized carbons (Fsp3) is 0.474. The monoisotopic (exact) mass is 390 g/mol. The van der Waals surface area contributed by atoms with Crippen molar-refractivity contribution < 1.29 is 15.3 Å². The zero-order valence-electron chi connectivity index (χ0n) is 15.8. The minimum atomic E-state index is -0.535. The van der Waals surface area contributed by atoms with Crippen LogP contribution >= 0.6 is 11.3 Å². The summed E-state index contributed by atoms with van der Waals surface area (Å²) >= 11 is 1.56. The van der Waals surface area contributed by atoms with Gasteiger partial charge in [0.05, 0.1) is 18.0 Å². The van der Waals surface area contributed by atoms with Gasteiger partial charge in [-0.2, -0.15) is 5.10 Å². The molecule has 0 aliphatic carbocycles. The molecule has 8 heteroatoms. The average molecular weight is 391 g/mol. The molecule has 0 bridgehead atoms. The van der Waals surface area contributed by atoms with Gasteiger partial charge in [-0.25, -0.2) is 4.68 Å². The Bertz CT molecular complexity index is 879. The van der Waals surface area contributed by atoms with Gasteiger partial charge in [0.15, 0.2) is 17.2 Å². The third kappa shape index (κ3) is 4.51. The maximum absolute atomic E-state index is 9.69. The van der Waals surface area contributed by atoms with Gasteiger partial charge in [-0.3, -0.25) is 4.99 Å². The molecule has 4 N–H and O–H groups in total. The van der Waals surface area contributed by atoms with E-state index < -0.39 is 5.75 Å². The van der Waals surface area contributed by atoms with Gasteiger partial charge in [-0.1, -0.05) is 20.8 Å².